The highest BCUT2D eigenvalue weighted by Gasteiger charge is 2.27. The lowest BCUT2D eigenvalue weighted by molar-refractivity contribution is -0.144. The van der Waals surface area contributed by atoms with Gasteiger partial charge < -0.3 is 19.0 Å². The van der Waals surface area contributed by atoms with Gasteiger partial charge >= 0.3 is 0 Å². The number of carbonyl (C=O) groups is 2. The number of furan rings is 1. The quantitative estimate of drug-likeness (QED) is 0.676. The summed E-state index contributed by atoms with van der Waals surface area (Å²) in [6.45, 7) is 10.2. The molecular weight excluding hydrogens is 332 g/mol. The Balaban J connectivity index is 2.07. The molecule has 1 fully saturated rings. The standard InChI is InChI=1S/C20H32N2O4/c1-15(2)11-22(20(24)16(3)4)14-19(23)21(12-17-7-5-9-25-17)13-18-8-6-10-26-18/h5,7,9,15-16,18H,6,8,10-14H2,1-4H3. The van der Waals surface area contributed by atoms with Crippen molar-refractivity contribution < 1.29 is 18.7 Å². The van der Waals surface area contributed by atoms with E-state index in [9.17, 15) is 9.59 Å². The van der Waals surface area contributed by atoms with Crippen LogP contribution in [0.5, 0.6) is 0 Å². The second kappa shape index (κ2) is 9.76. The lowest BCUT2D eigenvalue weighted by atomic mass is 10.1. The summed E-state index contributed by atoms with van der Waals surface area (Å²) < 4.78 is 11.1. The minimum absolute atomic E-state index is 0.0158. The number of carbonyl (C=O) groups excluding carboxylic acids is 2. The lowest BCUT2D eigenvalue weighted by Crippen LogP contribution is -2.47. The minimum Gasteiger partial charge on any atom is -0.467 e. The van der Waals surface area contributed by atoms with Gasteiger partial charge in [-0.1, -0.05) is 27.7 Å². The van der Waals surface area contributed by atoms with Gasteiger partial charge in [0.1, 0.15) is 5.76 Å². The summed E-state index contributed by atoms with van der Waals surface area (Å²) in [4.78, 5) is 29.0. The Labute approximate surface area is 156 Å². The van der Waals surface area contributed by atoms with Crippen LogP contribution in [0.3, 0.4) is 0 Å². The maximum absolute atomic E-state index is 13.0. The first-order valence-corrected chi connectivity index (χ1v) is 9.57. The van der Waals surface area contributed by atoms with Gasteiger partial charge in [0, 0.05) is 25.6 Å². The largest absolute Gasteiger partial charge is 0.467 e. The van der Waals surface area contributed by atoms with Crippen LogP contribution in [-0.2, 0) is 20.9 Å². The number of ether oxygens (including phenoxy) is 1. The summed E-state index contributed by atoms with van der Waals surface area (Å²) in [5.41, 5.74) is 0. The third kappa shape index (κ3) is 6.16. The fraction of sp³-hybridized carbons (Fsp3) is 0.700. The molecule has 2 amide bonds. The van der Waals surface area contributed by atoms with E-state index in [4.69, 9.17) is 9.15 Å². The Bertz CT molecular complexity index is 562. The molecule has 1 aliphatic rings. The van der Waals surface area contributed by atoms with Gasteiger partial charge in [0.2, 0.25) is 11.8 Å². The van der Waals surface area contributed by atoms with Gasteiger partial charge in [-0.25, -0.2) is 0 Å². The van der Waals surface area contributed by atoms with Crippen molar-refractivity contribution in [3.8, 4) is 0 Å². The predicted octanol–water partition coefficient (Wildman–Crippen LogP) is 2.93. The first-order chi connectivity index (χ1) is 12.4. The summed E-state index contributed by atoms with van der Waals surface area (Å²) in [5, 5.41) is 0. The number of nitrogens with zero attached hydrogens (tertiary/aromatic N) is 2. The highest BCUT2D eigenvalue weighted by atomic mass is 16.5. The van der Waals surface area contributed by atoms with Gasteiger partial charge in [-0.15, -0.1) is 0 Å². The Morgan fingerprint density at radius 1 is 1.23 bits per heavy atom. The summed E-state index contributed by atoms with van der Waals surface area (Å²) in [6, 6.07) is 3.68. The van der Waals surface area contributed by atoms with E-state index in [1.165, 1.54) is 0 Å². The molecule has 1 aliphatic heterocycles. The van der Waals surface area contributed by atoms with Gasteiger partial charge in [0.15, 0.2) is 0 Å². The maximum atomic E-state index is 13.0. The molecule has 6 heteroatoms. The molecule has 2 heterocycles. The number of amides is 2. The maximum Gasteiger partial charge on any atom is 0.242 e. The van der Waals surface area contributed by atoms with Crippen LogP contribution in [0.4, 0.5) is 0 Å². The van der Waals surface area contributed by atoms with Crippen molar-refractivity contribution in [1.29, 1.82) is 0 Å². The van der Waals surface area contributed by atoms with Crippen molar-refractivity contribution in [3.05, 3.63) is 24.2 Å². The van der Waals surface area contributed by atoms with Crippen LogP contribution < -0.4 is 0 Å². The molecule has 0 aromatic carbocycles. The first-order valence-electron chi connectivity index (χ1n) is 9.57. The molecule has 1 saturated heterocycles. The molecule has 6 nitrogen and oxygen atoms in total. The van der Waals surface area contributed by atoms with Crippen molar-refractivity contribution >= 4 is 11.8 Å². The predicted molar refractivity (Wildman–Crippen MR) is 99.4 cm³/mol. The first kappa shape index (κ1) is 20.5. The fourth-order valence-electron chi connectivity index (χ4n) is 3.18. The van der Waals surface area contributed by atoms with Crippen LogP contribution >= 0.6 is 0 Å². The molecule has 1 aromatic heterocycles. The van der Waals surface area contributed by atoms with Crippen LogP contribution in [0, 0.1) is 11.8 Å². The third-order valence-corrected chi connectivity index (χ3v) is 4.44. The van der Waals surface area contributed by atoms with Crippen LogP contribution in [0.2, 0.25) is 0 Å². The lowest BCUT2D eigenvalue weighted by Gasteiger charge is -2.30. The van der Waals surface area contributed by atoms with E-state index in [2.05, 4.69) is 13.8 Å². The van der Waals surface area contributed by atoms with Crippen molar-refractivity contribution in [2.75, 3.05) is 26.2 Å². The number of hydrogen-bond acceptors (Lipinski definition) is 4. The van der Waals surface area contributed by atoms with Crippen LogP contribution in [0.15, 0.2) is 22.8 Å². The molecular formula is C20H32N2O4. The van der Waals surface area contributed by atoms with Crippen molar-refractivity contribution in [2.24, 2.45) is 11.8 Å². The topological polar surface area (TPSA) is 63.0 Å². The molecule has 0 bridgehead atoms. The second-order valence-corrected chi connectivity index (χ2v) is 7.76. The van der Waals surface area contributed by atoms with Crippen molar-refractivity contribution in [3.63, 3.8) is 0 Å². The Morgan fingerprint density at radius 3 is 2.54 bits per heavy atom. The summed E-state index contributed by atoms with van der Waals surface area (Å²) in [5.74, 6) is 0.871. The minimum atomic E-state index is -0.127. The van der Waals surface area contributed by atoms with Gasteiger partial charge in [-0.3, -0.25) is 9.59 Å². The molecule has 1 aromatic rings. The van der Waals surface area contributed by atoms with Crippen molar-refractivity contribution in [2.45, 2.75) is 53.2 Å². The molecule has 0 radical (unpaired) electrons. The molecule has 1 atom stereocenters. The normalized spacial score (nSPS) is 17.1. The van der Waals surface area contributed by atoms with Crippen LogP contribution in [0.1, 0.15) is 46.3 Å². The molecule has 0 N–H and O–H groups in total. The molecule has 146 valence electrons. The molecule has 0 spiro atoms. The number of rotatable bonds is 9. The highest BCUT2D eigenvalue weighted by molar-refractivity contribution is 5.85. The zero-order valence-electron chi connectivity index (χ0n) is 16.4. The molecule has 0 saturated carbocycles. The molecule has 1 unspecified atom stereocenters. The van der Waals surface area contributed by atoms with E-state index in [0.29, 0.717) is 25.6 Å². The van der Waals surface area contributed by atoms with E-state index in [1.54, 1.807) is 16.1 Å². The van der Waals surface area contributed by atoms with E-state index >= 15 is 0 Å². The zero-order chi connectivity index (χ0) is 19.1. The molecule has 26 heavy (non-hydrogen) atoms. The van der Waals surface area contributed by atoms with Gasteiger partial charge in [0.05, 0.1) is 25.5 Å². The van der Waals surface area contributed by atoms with E-state index < -0.39 is 0 Å². The summed E-state index contributed by atoms with van der Waals surface area (Å²) in [6.07, 6.45) is 3.66. The summed E-state index contributed by atoms with van der Waals surface area (Å²) >= 11 is 0. The average Bonchev–Trinajstić information content (AvgIpc) is 3.26. The van der Waals surface area contributed by atoms with Crippen molar-refractivity contribution in [1.82, 2.24) is 9.80 Å². The average molecular weight is 364 g/mol. The monoisotopic (exact) mass is 364 g/mol. The van der Waals surface area contributed by atoms with Gasteiger partial charge in [-0.05, 0) is 30.9 Å². The van der Waals surface area contributed by atoms with E-state index in [0.717, 1.165) is 25.2 Å². The summed E-state index contributed by atoms with van der Waals surface area (Å²) in [7, 11) is 0. The van der Waals surface area contributed by atoms with Crippen LogP contribution in [-0.4, -0.2) is 54.0 Å². The van der Waals surface area contributed by atoms with E-state index in [-0.39, 0.29) is 30.4 Å². The second-order valence-electron chi connectivity index (χ2n) is 7.76. The fourth-order valence-corrected chi connectivity index (χ4v) is 3.18. The molecule has 2 rings (SSSR count). The zero-order valence-corrected chi connectivity index (χ0v) is 16.4. The highest BCUT2D eigenvalue weighted by Crippen LogP contribution is 2.16. The molecule has 0 aliphatic carbocycles. The van der Waals surface area contributed by atoms with Gasteiger partial charge in [0.25, 0.3) is 0 Å². The Morgan fingerprint density at radius 2 is 2.00 bits per heavy atom. The van der Waals surface area contributed by atoms with Crippen LogP contribution in [0.25, 0.3) is 0 Å². The Kier molecular flexibility index (Phi) is 7.69. The Hall–Kier alpha value is -1.82. The SMILES string of the molecule is CC(C)CN(CC(=O)N(Cc1ccco1)CC1CCCO1)C(=O)C(C)C. The number of hydrogen-bond donors (Lipinski definition) is 0. The smallest absolute Gasteiger partial charge is 0.242 e. The van der Waals surface area contributed by atoms with Gasteiger partial charge in [-0.2, -0.15) is 0 Å². The van der Waals surface area contributed by atoms with E-state index in [1.807, 2.05) is 26.0 Å². The third-order valence-electron chi connectivity index (χ3n) is 4.44.